The van der Waals surface area contributed by atoms with E-state index in [4.69, 9.17) is 0 Å². The van der Waals surface area contributed by atoms with Crippen molar-refractivity contribution in [3.8, 4) is 0 Å². The van der Waals surface area contributed by atoms with E-state index in [-0.39, 0.29) is 29.4 Å². The topological polar surface area (TPSA) is 70.2 Å². The highest BCUT2D eigenvalue weighted by Gasteiger charge is 2.42. The predicted molar refractivity (Wildman–Crippen MR) is 203 cm³/mol. The lowest BCUT2D eigenvalue weighted by Gasteiger charge is -2.37. The number of fused-ring (bicyclic) bond motifs is 1. The summed E-state index contributed by atoms with van der Waals surface area (Å²) in [5.74, 6) is 1.10. The lowest BCUT2D eigenvalue weighted by Crippen LogP contribution is -2.42. The van der Waals surface area contributed by atoms with E-state index in [9.17, 15) is 9.59 Å². The Morgan fingerprint density at radius 1 is 0.745 bits per heavy atom. The van der Waals surface area contributed by atoms with Gasteiger partial charge < -0.3 is 16.0 Å². The maximum Gasteiger partial charge on any atom is 0.315 e. The van der Waals surface area contributed by atoms with Crippen molar-refractivity contribution in [2.75, 3.05) is 24.6 Å². The number of carbonyl (C=O) groups is 2. The average molecular weight is 682 g/mol. The highest BCUT2D eigenvalue weighted by atomic mass is 32.2. The third-order valence-corrected chi connectivity index (χ3v) is 16.5. The first-order valence-electron chi connectivity index (χ1n) is 16.7. The third-order valence-electron chi connectivity index (χ3n) is 9.14. The zero-order valence-electron chi connectivity index (χ0n) is 27.1. The van der Waals surface area contributed by atoms with Crippen molar-refractivity contribution in [3.63, 3.8) is 0 Å². The first kappa shape index (κ1) is 33.7. The molecular formula is C39H45N3O2P2S. The first-order valence-corrected chi connectivity index (χ1v) is 20.8. The van der Waals surface area contributed by atoms with Crippen molar-refractivity contribution in [3.05, 3.63) is 121 Å². The summed E-state index contributed by atoms with van der Waals surface area (Å²) in [6.07, 6.45) is 5.37. The molecule has 0 unspecified atom stereocenters. The van der Waals surface area contributed by atoms with E-state index in [2.05, 4.69) is 144 Å². The summed E-state index contributed by atoms with van der Waals surface area (Å²) in [6, 6.07) is 44.1. The molecular weight excluding hydrogens is 636 g/mol. The Kier molecular flexibility index (Phi) is 11.7. The van der Waals surface area contributed by atoms with Gasteiger partial charge in [0.15, 0.2) is 0 Å². The van der Waals surface area contributed by atoms with Crippen LogP contribution in [0.2, 0.25) is 0 Å². The lowest BCUT2D eigenvalue weighted by atomic mass is 9.96. The zero-order valence-corrected chi connectivity index (χ0v) is 29.7. The number of hydrogen-bond acceptors (Lipinski definition) is 3. The minimum absolute atomic E-state index is 0.0425. The van der Waals surface area contributed by atoms with Crippen molar-refractivity contribution in [1.82, 2.24) is 16.0 Å². The molecule has 3 N–H and O–H groups in total. The molecule has 0 aliphatic carbocycles. The van der Waals surface area contributed by atoms with Crippen molar-refractivity contribution in [2.24, 2.45) is 5.41 Å². The fourth-order valence-electron chi connectivity index (χ4n) is 6.69. The fourth-order valence-corrected chi connectivity index (χ4v) is 13.8. The van der Waals surface area contributed by atoms with Crippen molar-refractivity contribution in [1.29, 1.82) is 0 Å². The second-order valence-corrected chi connectivity index (χ2v) is 18.7. The van der Waals surface area contributed by atoms with Crippen LogP contribution in [0.1, 0.15) is 32.6 Å². The maximum atomic E-state index is 13.4. The van der Waals surface area contributed by atoms with Gasteiger partial charge in [-0.05, 0) is 67.6 Å². The quantitative estimate of drug-likeness (QED) is 0.0808. The Morgan fingerprint density at radius 2 is 1.21 bits per heavy atom. The van der Waals surface area contributed by atoms with Gasteiger partial charge in [-0.15, -0.1) is 0 Å². The number of rotatable bonds is 15. The number of urea groups is 1. The number of benzene rings is 4. The largest absolute Gasteiger partial charge is 0.356 e. The van der Waals surface area contributed by atoms with Crippen LogP contribution >= 0.6 is 27.6 Å². The molecule has 2 saturated heterocycles. The zero-order chi connectivity index (χ0) is 32.5. The van der Waals surface area contributed by atoms with E-state index < -0.39 is 15.8 Å². The van der Waals surface area contributed by atoms with E-state index in [1.165, 1.54) is 21.2 Å². The van der Waals surface area contributed by atoms with Gasteiger partial charge in [-0.2, -0.15) is 11.8 Å². The van der Waals surface area contributed by atoms with Gasteiger partial charge in [0.2, 0.25) is 5.91 Å². The van der Waals surface area contributed by atoms with Crippen LogP contribution in [0.4, 0.5) is 4.79 Å². The van der Waals surface area contributed by atoms with E-state index in [1.807, 2.05) is 11.8 Å². The molecule has 0 aromatic heterocycles. The van der Waals surface area contributed by atoms with Crippen LogP contribution < -0.4 is 37.2 Å². The highest BCUT2D eigenvalue weighted by Crippen LogP contribution is 2.47. The molecule has 4 aromatic carbocycles. The molecule has 8 heteroatoms. The van der Waals surface area contributed by atoms with Crippen molar-refractivity contribution in [2.45, 2.75) is 49.9 Å². The summed E-state index contributed by atoms with van der Waals surface area (Å²) < 4.78 is 0. The monoisotopic (exact) mass is 681 g/mol. The van der Waals surface area contributed by atoms with Gasteiger partial charge in [0.25, 0.3) is 0 Å². The smallest absolute Gasteiger partial charge is 0.315 e. The molecule has 4 aromatic rings. The van der Waals surface area contributed by atoms with Crippen LogP contribution in [0.3, 0.4) is 0 Å². The molecule has 2 aliphatic rings. The van der Waals surface area contributed by atoms with Gasteiger partial charge >= 0.3 is 6.03 Å². The minimum Gasteiger partial charge on any atom is -0.356 e. The van der Waals surface area contributed by atoms with Crippen LogP contribution in [-0.2, 0) is 4.79 Å². The molecule has 0 radical (unpaired) electrons. The minimum atomic E-state index is -0.643. The Balaban J connectivity index is 1.18. The van der Waals surface area contributed by atoms with Crippen LogP contribution in [-0.4, -0.2) is 53.9 Å². The average Bonchev–Trinajstić information content (AvgIpc) is 3.68. The highest BCUT2D eigenvalue weighted by molar-refractivity contribution is 8.00. The number of thioether (sulfide) groups is 1. The standard InChI is InChI=1S/C39H45N3O2P2S/c1-39(28-45(30-16-6-2-7-17-30)31-18-8-3-9-19-31,29-46(32-20-10-4-11-21-32)33-22-12-5-13-23-33)27-40-36(43)25-15-14-24-35-37-34(26-47-35)41-38(44)42-37/h2-13,16-23,34-35,37H,14-15,24-29H2,1H3,(H,40,43)(H2,41,42,44)/t34-,35-,37-/m0/s1. The Labute approximate surface area is 286 Å². The second-order valence-electron chi connectivity index (χ2n) is 13.0. The molecule has 2 aliphatic heterocycles. The van der Waals surface area contributed by atoms with Gasteiger partial charge in [0, 0.05) is 24.0 Å². The van der Waals surface area contributed by atoms with E-state index in [0.717, 1.165) is 37.3 Å². The summed E-state index contributed by atoms with van der Waals surface area (Å²) >= 11 is 1.94. The molecule has 2 heterocycles. The van der Waals surface area contributed by atoms with Gasteiger partial charge in [0.1, 0.15) is 0 Å². The molecule has 3 amide bonds. The van der Waals surface area contributed by atoms with Crippen LogP contribution in [0, 0.1) is 5.41 Å². The third kappa shape index (κ3) is 9.05. The summed E-state index contributed by atoms with van der Waals surface area (Å²) in [7, 11) is -1.29. The SMILES string of the molecule is CC(CNC(=O)CCCC[C@@H]1SC[C@@H]2NC(=O)N[C@@H]21)(CP(c1ccccc1)c1ccccc1)CP(c1ccccc1)c1ccccc1. The van der Waals surface area contributed by atoms with Gasteiger partial charge in [-0.25, -0.2) is 4.79 Å². The lowest BCUT2D eigenvalue weighted by molar-refractivity contribution is -0.121. The normalized spacial score (nSPS) is 19.0. The Hall–Kier alpha value is -3.17. The van der Waals surface area contributed by atoms with Crippen LogP contribution in [0.15, 0.2) is 121 Å². The van der Waals surface area contributed by atoms with Gasteiger partial charge in [-0.1, -0.05) is 135 Å². The molecule has 6 rings (SSSR count). The number of hydrogen-bond donors (Lipinski definition) is 3. The second kappa shape index (κ2) is 16.3. The summed E-state index contributed by atoms with van der Waals surface area (Å²) in [4.78, 5) is 25.1. The van der Waals surface area contributed by atoms with Gasteiger partial charge in [-0.3, -0.25) is 4.79 Å². The molecule has 3 atom stereocenters. The summed E-state index contributed by atoms with van der Waals surface area (Å²) in [6.45, 7) is 3.04. The van der Waals surface area contributed by atoms with Crippen LogP contribution in [0.5, 0.6) is 0 Å². The molecule has 2 fully saturated rings. The first-order chi connectivity index (χ1) is 23.0. The number of nitrogens with one attached hydrogen (secondary N) is 3. The van der Waals surface area contributed by atoms with Crippen molar-refractivity contribution < 1.29 is 9.59 Å². The molecule has 0 saturated carbocycles. The van der Waals surface area contributed by atoms with Gasteiger partial charge in [0.05, 0.1) is 12.1 Å². The molecule has 244 valence electrons. The molecule has 0 spiro atoms. The van der Waals surface area contributed by atoms with E-state index >= 15 is 0 Å². The predicted octanol–water partition coefficient (Wildman–Crippen LogP) is 6.10. The Bertz CT molecular complexity index is 1420. The fraction of sp³-hybridized carbons (Fsp3) is 0.333. The number of unbranched alkanes of at least 4 members (excludes halogenated alkanes) is 1. The van der Waals surface area contributed by atoms with E-state index in [0.29, 0.717) is 18.2 Å². The molecule has 5 nitrogen and oxygen atoms in total. The summed E-state index contributed by atoms with van der Waals surface area (Å²) in [5, 5.41) is 15.4. The van der Waals surface area contributed by atoms with E-state index in [1.54, 1.807) is 0 Å². The summed E-state index contributed by atoms with van der Waals surface area (Å²) in [5.41, 5.74) is -0.145. The molecule has 0 bridgehead atoms. The Morgan fingerprint density at radius 3 is 1.68 bits per heavy atom. The number of amides is 3. The molecule has 47 heavy (non-hydrogen) atoms. The number of carbonyl (C=O) groups excluding carboxylic acids is 2. The van der Waals surface area contributed by atoms with Crippen LogP contribution in [0.25, 0.3) is 0 Å². The van der Waals surface area contributed by atoms with Crippen molar-refractivity contribution >= 4 is 60.8 Å². The maximum absolute atomic E-state index is 13.4.